The lowest BCUT2D eigenvalue weighted by atomic mass is 10.2. The molecule has 1 saturated heterocycles. The number of methoxy groups -OCH3 is 1. The van der Waals surface area contributed by atoms with Crippen molar-refractivity contribution < 1.29 is 19.1 Å². The maximum atomic E-state index is 12.4. The summed E-state index contributed by atoms with van der Waals surface area (Å²) >= 11 is 0. The quantitative estimate of drug-likeness (QED) is 0.906. The number of ether oxygens (including phenoxy) is 2. The summed E-state index contributed by atoms with van der Waals surface area (Å²) in [4.78, 5) is 26.1. The average molecular weight is 320 g/mol. The molecule has 0 bridgehead atoms. The third-order valence-corrected chi connectivity index (χ3v) is 3.69. The summed E-state index contributed by atoms with van der Waals surface area (Å²) in [5.41, 5.74) is 0.679. The highest BCUT2D eigenvalue weighted by molar-refractivity contribution is 5.96. The van der Waals surface area contributed by atoms with Gasteiger partial charge in [0.2, 0.25) is 5.91 Å². The molecule has 1 aliphatic rings. The number of nitrogens with zero attached hydrogens (tertiary/aromatic N) is 1. The van der Waals surface area contributed by atoms with Crippen LogP contribution in [0.25, 0.3) is 0 Å². The van der Waals surface area contributed by atoms with Gasteiger partial charge in [-0.1, -0.05) is 13.8 Å². The molecule has 0 saturated carbocycles. The van der Waals surface area contributed by atoms with Crippen LogP contribution in [0, 0.1) is 5.92 Å². The molecule has 0 radical (unpaired) electrons. The van der Waals surface area contributed by atoms with Gasteiger partial charge in [-0.2, -0.15) is 0 Å². The fraction of sp³-hybridized carbons (Fsp3) is 0.529. The second-order valence-corrected chi connectivity index (χ2v) is 6.04. The highest BCUT2D eigenvalue weighted by Gasteiger charge is 2.35. The summed E-state index contributed by atoms with van der Waals surface area (Å²) in [6.07, 6.45) is 1.04. The maximum Gasteiger partial charge on any atom is 0.410 e. The minimum Gasteiger partial charge on any atom is -0.497 e. The van der Waals surface area contributed by atoms with Crippen molar-refractivity contribution in [2.45, 2.75) is 32.7 Å². The van der Waals surface area contributed by atoms with E-state index in [-0.39, 0.29) is 11.8 Å². The first-order chi connectivity index (χ1) is 11.0. The van der Waals surface area contributed by atoms with E-state index in [2.05, 4.69) is 5.32 Å². The normalized spacial score (nSPS) is 17.2. The minimum absolute atomic E-state index is 0.186. The monoisotopic (exact) mass is 320 g/mol. The van der Waals surface area contributed by atoms with Gasteiger partial charge in [0.05, 0.1) is 13.7 Å². The Kier molecular flexibility index (Phi) is 5.84. The van der Waals surface area contributed by atoms with Gasteiger partial charge < -0.3 is 14.8 Å². The third-order valence-electron chi connectivity index (χ3n) is 3.69. The Hall–Kier alpha value is -2.24. The van der Waals surface area contributed by atoms with Crippen molar-refractivity contribution in [2.24, 2.45) is 5.92 Å². The molecule has 126 valence electrons. The number of anilines is 1. The molecule has 23 heavy (non-hydrogen) atoms. The number of carbonyl (C=O) groups is 2. The summed E-state index contributed by atoms with van der Waals surface area (Å²) in [5.74, 6) is 0.810. The highest BCUT2D eigenvalue weighted by Crippen LogP contribution is 2.21. The zero-order valence-corrected chi connectivity index (χ0v) is 13.9. The van der Waals surface area contributed by atoms with Gasteiger partial charge in [-0.25, -0.2) is 4.79 Å². The molecule has 1 unspecified atom stereocenters. The maximum absolute atomic E-state index is 12.4. The van der Waals surface area contributed by atoms with E-state index < -0.39 is 12.1 Å². The molecular formula is C17H24N2O4. The zero-order chi connectivity index (χ0) is 16.8. The van der Waals surface area contributed by atoms with E-state index in [0.29, 0.717) is 25.3 Å². The average Bonchev–Trinajstić information content (AvgIpc) is 3.03. The van der Waals surface area contributed by atoms with E-state index in [4.69, 9.17) is 9.47 Å². The smallest absolute Gasteiger partial charge is 0.410 e. The van der Waals surface area contributed by atoms with Crippen molar-refractivity contribution in [1.82, 2.24) is 4.90 Å². The third kappa shape index (κ3) is 4.61. The Morgan fingerprint density at radius 3 is 2.61 bits per heavy atom. The Morgan fingerprint density at radius 2 is 2.00 bits per heavy atom. The molecule has 1 aromatic rings. The van der Waals surface area contributed by atoms with Crippen LogP contribution in [-0.4, -0.2) is 43.2 Å². The van der Waals surface area contributed by atoms with Crippen molar-refractivity contribution >= 4 is 17.7 Å². The summed E-state index contributed by atoms with van der Waals surface area (Å²) in [6.45, 7) is 4.87. The number of carbonyl (C=O) groups excluding carboxylic acids is 2. The van der Waals surface area contributed by atoms with Crippen molar-refractivity contribution in [3.63, 3.8) is 0 Å². The molecule has 6 heteroatoms. The van der Waals surface area contributed by atoms with Crippen LogP contribution in [0.2, 0.25) is 0 Å². The molecule has 1 aliphatic heterocycles. The number of hydrogen-bond acceptors (Lipinski definition) is 4. The van der Waals surface area contributed by atoms with Crippen LogP contribution in [0.3, 0.4) is 0 Å². The van der Waals surface area contributed by atoms with E-state index in [1.54, 1.807) is 31.4 Å². The van der Waals surface area contributed by atoms with E-state index in [1.165, 1.54) is 4.90 Å². The number of likely N-dealkylation sites (tertiary alicyclic amines) is 1. The van der Waals surface area contributed by atoms with Crippen LogP contribution in [-0.2, 0) is 9.53 Å². The molecular weight excluding hydrogens is 296 g/mol. The number of hydrogen-bond donors (Lipinski definition) is 1. The van der Waals surface area contributed by atoms with Crippen LogP contribution in [0.1, 0.15) is 26.7 Å². The summed E-state index contributed by atoms with van der Waals surface area (Å²) in [7, 11) is 1.59. The van der Waals surface area contributed by atoms with Crippen molar-refractivity contribution in [3.8, 4) is 5.75 Å². The molecule has 1 fully saturated rings. The Balaban J connectivity index is 1.95. The lowest BCUT2D eigenvalue weighted by molar-refractivity contribution is -0.120. The SMILES string of the molecule is COc1ccc(NC(=O)C2CCCN2C(=O)OCC(C)C)cc1. The molecule has 1 N–H and O–H groups in total. The topological polar surface area (TPSA) is 67.9 Å². The summed E-state index contributed by atoms with van der Waals surface area (Å²) in [6, 6.07) is 6.62. The number of rotatable bonds is 5. The van der Waals surface area contributed by atoms with Crippen molar-refractivity contribution in [2.75, 3.05) is 25.6 Å². The fourth-order valence-electron chi connectivity index (χ4n) is 2.48. The van der Waals surface area contributed by atoms with Gasteiger partial charge in [0.1, 0.15) is 11.8 Å². The van der Waals surface area contributed by atoms with E-state index >= 15 is 0 Å². The molecule has 0 spiro atoms. The molecule has 1 heterocycles. The van der Waals surface area contributed by atoms with Gasteiger partial charge in [0, 0.05) is 12.2 Å². The summed E-state index contributed by atoms with van der Waals surface area (Å²) < 4.78 is 10.3. The largest absolute Gasteiger partial charge is 0.497 e. The molecule has 0 aliphatic carbocycles. The zero-order valence-electron chi connectivity index (χ0n) is 13.9. The first-order valence-corrected chi connectivity index (χ1v) is 7.89. The predicted molar refractivity (Wildman–Crippen MR) is 87.5 cm³/mol. The number of amides is 2. The van der Waals surface area contributed by atoms with Gasteiger partial charge >= 0.3 is 6.09 Å². The predicted octanol–water partition coefficient (Wildman–Crippen LogP) is 2.89. The van der Waals surface area contributed by atoms with Crippen molar-refractivity contribution in [3.05, 3.63) is 24.3 Å². The van der Waals surface area contributed by atoms with Gasteiger partial charge in [-0.3, -0.25) is 9.69 Å². The van der Waals surface area contributed by atoms with Crippen LogP contribution < -0.4 is 10.1 Å². The highest BCUT2D eigenvalue weighted by atomic mass is 16.6. The number of nitrogens with one attached hydrogen (secondary N) is 1. The molecule has 2 rings (SSSR count). The second kappa shape index (κ2) is 7.85. The lowest BCUT2D eigenvalue weighted by Crippen LogP contribution is -2.43. The molecule has 0 aromatic heterocycles. The molecule has 2 amide bonds. The summed E-state index contributed by atoms with van der Waals surface area (Å²) in [5, 5.41) is 2.84. The Labute approximate surface area is 136 Å². The van der Waals surface area contributed by atoms with Crippen LogP contribution in [0.15, 0.2) is 24.3 Å². The van der Waals surface area contributed by atoms with E-state index in [0.717, 1.165) is 12.2 Å². The van der Waals surface area contributed by atoms with Gasteiger partial charge in [0.25, 0.3) is 0 Å². The fourth-order valence-corrected chi connectivity index (χ4v) is 2.48. The van der Waals surface area contributed by atoms with Gasteiger partial charge in [-0.15, -0.1) is 0 Å². The number of benzene rings is 1. The second-order valence-electron chi connectivity index (χ2n) is 6.04. The Bertz CT molecular complexity index is 542. The van der Waals surface area contributed by atoms with Gasteiger partial charge in [0.15, 0.2) is 0 Å². The first-order valence-electron chi connectivity index (χ1n) is 7.89. The standard InChI is InChI=1S/C17H24N2O4/c1-12(2)11-23-17(21)19-10-4-5-15(19)16(20)18-13-6-8-14(22-3)9-7-13/h6-9,12,15H,4-5,10-11H2,1-3H3,(H,18,20). The minimum atomic E-state index is -0.475. The lowest BCUT2D eigenvalue weighted by Gasteiger charge is -2.23. The van der Waals surface area contributed by atoms with Crippen LogP contribution in [0.4, 0.5) is 10.5 Å². The van der Waals surface area contributed by atoms with E-state index in [9.17, 15) is 9.59 Å². The van der Waals surface area contributed by atoms with Gasteiger partial charge in [-0.05, 0) is 43.0 Å². The molecule has 1 aromatic carbocycles. The van der Waals surface area contributed by atoms with Crippen molar-refractivity contribution in [1.29, 1.82) is 0 Å². The molecule has 6 nitrogen and oxygen atoms in total. The first kappa shape index (κ1) is 17.1. The molecule has 1 atom stereocenters. The van der Waals surface area contributed by atoms with E-state index in [1.807, 2.05) is 13.8 Å². The Morgan fingerprint density at radius 1 is 1.30 bits per heavy atom. The van der Waals surface area contributed by atoms with Crippen LogP contribution in [0.5, 0.6) is 5.75 Å². The van der Waals surface area contributed by atoms with Crippen LogP contribution >= 0.6 is 0 Å².